The van der Waals surface area contributed by atoms with Crippen molar-refractivity contribution in [1.29, 1.82) is 0 Å². The summed E-state index contributed by atoms with van der Waals surface area (Å²) in [4.78, 5) is 26.0. The molecule has 2 atom stereocenters. The highest BCUT2D eigenvalue weighted by Crippen LogP contribution is 2.20. The van der Waals surface area contributed by atoms with E-state index in [0.717, 1.165) is 18.4 Å². The molecule has 0 bridgehead atoms. The molecule has 0 radical (unpaired) electrons. The third-order valence-electron chi connectivity index (χ3n) is 4.60. The van der Waals surface area contributed by atoms with E-state index < -0.39 is 0 Å². The number of carbonyl (C=O) groups excluding carboxylic acids is 2. The number of nitrogens with two attached hydrogens (primary N) is 1. The zero-order valence-electron chi connectivity index (χ0n) is 14.8. The van der Waals surface area contributed by atoms with Crippen LogP contribution >= 0.6 is 12.4 Å². The number of nitrogens with zero attached hydrogens (tertiary/aromatic N) is 1. The van der Waals surface area contributed by atoms with Crippen molar-refractivity contribution in [2.45, 2.75) is 31.8 Å². The normalized spacial score (nSPS) is 17.3. The number of halogens is 1. The SMILES string of the molecule is COCC(=O)N1CCC(NC(=O)C(C)C(N)c2ccccc2)CC1.Cl. The summed E-state index contributed by atoms with van der Waals surface area (Å²) in [6.45, 7) is 3.25. The molecule has 2 amide bonds. The van der Waals surface area contributed by atoms with E-state index in [4.69, 9.17) is 10.5 Å². The number of nitrogens with one attached hydrogen (secondary N) is 1. The van der Waals surface area contributed by atoms with Crippen LogP contribution in [0, 0.1) is 5.92 Å². The van der Waals surface area contributed by atoms with Gasteiger partial charge in [-0.1, -0.05) is 37.3 Å². The van der Waals surface area contributed by atoms with Gasteiger partial charge in [-0.2, -0.15) is 0 Å². The second-order valence-corrected chi connectivity index (χ2v) is 6.32. The van der Waals surface area contributed by atoms with Crippen LogP contribution in [0.1, 0.15) is 31.4 Å². The first-order valence-electron chi connectivity index (χ1n) is 8.40. The van der Waals surface area contributed by atoms with Crippen LogP contribution < -0.4 is 11.1 Å². The molecule has 2 rings (SSSR count). The van der Waals surface area contributed by atoms with Crippen molar-refractivity contribution in [3.63, 3.8) is 0 Å². The quantitative estimate of drug-likeness (QED) is 0.795. The Hall–Kier alpha value is -1.63. The first-order chi connectivity index (χ1) is 11.5. The van der Waals surface area contributed by atoms with Gasteiger partial charge in [-0.25, -0.2) is 0 Å². The number of piperidine rings is 1. The fraction of sp³-hybridized carbons (Fsp3) is 0.556. The van der Waals surface area contributed by atoms with Gasteiger partial charge in [0.05, 0.1) is 5.92 Å². The molecular formula is C18H28ClN3O3. The predicted octanol–water partition coefficient (Wildman–Crippen LogP) is 1.50. The highest BCUT2D eigenvalue weighted by atomic mass is 35.5. The second-order valence-electron chi connectivity index (χ2n) is 6.32. The molecule has 1 aromatic rings. The van der Waals surface area contributed by atoms with Gasteiger partial charge in [0.1, 0.15) is 6.61 Å². The van der Waals surface area contributed by atoms with Crippen molar-refractivity contribution >= 4 is 24.2 Å². The number of hydrogen-bond donors (Lipinski definition) is 2. The topological polar surface area (TPSA) is 84.7 Å². The van der Waals surface area contributed by atoms with Crippen LogP contribution in [0.5, 0.6) is 0 Å². The van der Waals surface area contributed by atoms with E-state index in [0.29, 0.717) is 13.1 Å². The minimum absolute atomic E-state index is 0. The highest BCUT2D eigenvalue weighted by Gasteiger charge is 2.27. The van der Waals surface area contributed by atoms with E-state index in [2.05, 4.69) is 5.32 Å². The Bertz CT molecular complexity index is 548. The van der Waals surface area contributed by atoms with Gasteiger partial charge in [0.2, 0.25) is 11.8 Å². The van der Waals surface area contributed by atoms with Crippen LogP contribution in [-0.2, 0) is 14.3 Å². The molecule has 1 aliphatic heterocycles. The van der Waals surface area contributed by atoms with Crippen LogP contribution in [0.15, 0.2) is 30.3 Å². The third-order valence-corrected chi connectivity index (χ3v) is 4.60. The van der Waals surface area contributed by atoms with Gasteiger partial charge in [-0.15, -0.1) is 12.4 Å². The molecule has 6 nitrogen and oxygen atoms in total. The average Bonchev–Trinajstić information content (AvgIpc) is 2.62. The fourth-order valence-corrected chi connectivity index (χ4v) is 2.95. The Kier molecular flexibility index (Phi) is 8.89. The summed E-state index contributed by atoms with van der Waals surface area (Å²) < 4.78 is 4.87. The van der Waals surface area contributed by atoms with Gasteiger partial charge in [0, 0.05) is 32.3 Å². The molecule has 0 saturated carbocycles. The van der Waals surface area contributed by atoms with Crippen molar-refractivity contribution < 1.29 is 14.3 Å². The standard InChI is InChI=1S/C18H27N3O3.ClH/c1-13(17(19)14-6-4-3-5-7-14)18(23)20-15-8-10-21(11-9-15)16(22)12-24-2;/h3-7,13,15,17H,8-12,19H2,1-2H3,(H,20,23);1H. The summed E-state index contributed by atoms with van der Waals surface area (Å²) in [5.74, 6) is -0.338. The van der Waals surface area contributed by atoms with E-state index in [9.17, 15) is 9.59 Å². The molecule has 0 aliphatic carbocycles. The van der Waals surface area contributed by atoms with E-state index in [1.807, 2.05) is 37.3 Å². The van der Waals surface area contributed by atoms with E-state index in [1.54, 1.807) is 4.90 Å². The van der Waals surface area contributed by atoms with Gasteiger partial charge in [0.25, 0.3) is 0 Å². The lowest BCUT2D eigenvalue weighted by atomic mass is 9.94. The number of amides is 2. The largest absolute Gasteiger partial charge is 0.375 e. The molecule has 0 spiro atoms. The lowest BCUT2D eigenvalue weighted by Gasteiger charge is -2.33. The second kappa shape index (κ2) is 10.4. The Morgan fingerprint density at radius 1 is 1.28 bits per heavy atom. The maximum Gasteiger partial charge on any atom is 0.248 e. The van der Waals surface area contributed by atoms with Crippen LogP contribution in [0.2, 0.25) is 0 Å². The Morgan fingerprint density at radius 2 is 1.88 bits per heavy atom. The molecular weight excluding hydrogens is 342 g/mol. The fourth-order valence-electron chi connectivity index (χ4n) is 2.95. The van der Waals surface area contributed by atoms with Crippen LogP contribution in [0.4, 0.5) is 0 Å². The summed E-state index contributed by atoms with van der Waals surface area (Å²) in [6.07, 6.45) is 1.52. The summed E-state index contributed by atoms with van der Waals surface area (Å²) in [6, 6.07) is 9.42. The number of carbonyl (C=O) groups is 2. The third kappa shape index (κ3) is 5.99. The van der Waals surface area contributed by atoms with Gasteiger partial charge in [-0.05, 0) is 18.4 Å². The summed E-state index contributed by atoms with van der Waals surface area (Å²) >= 11 is 0. The number of hydrogen-bond acceptors (Lipinski definition) is 4. The van der Waals surface area contributed by atoms with Gasteiger partial charge in [-0.3, -0.25) is 9.59 Å². The zero-order valence-corrected chi connectivity index (χ0v) is 15.6. The van der Waals surface area contributed by atoms with Gasteiger partial charge >= 0.3 is 0 Å². The van der Waals surface area contributed by atoms with Crippen molar-refractivity contribution in [2.75, 3.05) is 26.8 Å². The maximum absolute atomic E-state index is 12.5. The van der Waals surface area contributed by atoms with E-state index >= 15 is 0 Å². The highest BCUT2D eigenvalue weighted by molar-refractivity contribution is 5.85. The van der Waals surface area contributed by atoms with Crippen LogP contribution in [0.25, 0.3) is 0 Å². The molecule has 1 aliphatic rings. The van der Waals surface area contributed by atoms with Crippen molar-refractivity contribution in [3.05, 3.63) is 35.9 Å². The monoisotopic (exact) mass is 369 g/mol. The molecule has 3 N–H and O–H groups in total. The maximum atomic E-state index is 12.5. The molecule has 1 heterocycles. The number of ether oxygens (including phenoxy) is 1. The molecule has 1 aromatic carbocycles. The molecule has 1 saturated heterocycles. The lowest BCUT2D eigenvalue weighted by Crippen LogP contribution is -2.49. The molecule has 0 aromatic heterocycles. The van der Waals surface area contributed by atoms with Crippen molar-refractivity contribution in [1.82, 2.24) is 10.2 Å². The van der Waals surface area contributed by atoms with Gasteiger partial charge in [0.15, 0.2) is 0 Å². The number of benzene rings is 1. The lowest BCUT2D eigenvalue weighted by molar-refractivity contribution is -0.136. The predicted molar refractivity (Wildman–Crippen MR) is 99.4 cm³/mol. The first-order valence-corrected chi connectivity index (χ1v) is 8.40. The zero-order chi connectivity index (χ0) is 17.5. The number of likely N-dealkylation sites (tertiary alicyclic amines) is 1. The minimum Gasteiger partial charge on any atom is -0.375 e. The number of rotatable bonds is 6. The molecule has 2 unspecified atom stereocenters. The Morgan fingerprint density at radius 3 is 2.44 bits per heavy atom. The number of methoxy groups -OCH3 is 1. The summed E-state index contributed by atoms with van der Waals surface area (Å²) in [5.41, 5.74) is 7.17. The van der Waals surface area contributed by atoms with Gasteiger partial charge < -0.3 is 20.7 Å². The van der Waals surface area contributed by atoms with Crippen molar-refractivity contribution in [3.8, 4) is 0 Å². The summed E-state index contributed by atoms with van der Waals surface area (Å²) in [7, 11) is 1.52. The molecule has 1 fully saturated rings. The van der Waals surface area contributed by atoms with E-state index in [-0.39, 0.29) is 48.8 Å². The van der Waals surface area contributed by atoms with E-state index in [1.165, 1.54) is 7.11 Å². The Labute approximate surface area is 155 Å². The van der Waals surface area contributed by atoms with Crippen LogP contribution in [-0.4, -0.2) is 49.6 Å². The molecule has 140 valence electrons. The van der Waals surface area contributed by atoms with Crippen LogP contribution in [0.3, 0.4) is 0 Å². The summed E-state index contributed by atoms with van der Waals surface area (Å²) in [5, 5.41) is 3.07. The Balaban J connectivity index is 0.00000312. The average molecular weight is 370 g/mol. The molecule has 7 heteroatoms. The van der Waals surface area contributed by atoms with Crippen molar-refractivity contribution in [2.24, 2.45) is 11.7 Å². The first kappa shape index (κ1) is 21.4. The molecule has 25 heavy (non-hydrogen) atoms. The minimum atomic E-state index is -0.324. The smallest absolute Gasteiger partial charge is 0.248 e.